The first kappa shape index (κ1) is 23.7. The van der Waals surface area contributed by atoms with Crippen molar-refractivity contribution in [2.24, 2.45) is 0 Å². The van der Waals surface area contributed by atoms with Crippen LogP contribution >= 0.6 is 11.3 Å². The maximum Gasteiger partial charge on any atom is 0.341 e. The molecule has 0 unspecified atom stereocenters. The Kier molecular flexibility index (Phi) is 7.14. The van der Waals surface area contributed by atoms with Crippen LogP contribution in [0.4, 0.5) is 5.00 Å². The van der Waals surface area contributed by atoms with Crippen LogP contribution < -0.4 is 5.32 Å². The Morgan fingerprint density at radius 1 is 1.12 bits per heavy atom. The number of fused-ring (bicyclic) bond motifs is 1. The standard InChI is InChI=1S/C28H28N2O3S/c1-3-21(19-11-7-5-8-12-19)25(31)30-26-24(27(32)33-4-2)22-15-16-28(18-29,17-23(22)34-26)20-13-9-6-10-14-20/h5-14,21H,3-4,15-17H2,1-2H3,(H,30,31)/t21-,28-/m1/s1. The lowest BCUT2D eigenvalue weighted by atomic mass is 9.70. The molecule has 174 valence electrons. The molecule has 1 amide bonds. The Hall–Kier alpha value is -3.43. The van der Waals surface area contributed by atoms with Gasteiger partial charge in [0.05, 0.1) is 29.6 Å². The number of amides is 1. The lowest BCUT2D eigenvalue weighted by molar-refractivity contribution is -0.117. The smallest absolute Gasteiger partial charge is 0.341 e. The SMILES string of the molecule is CCOC(=O)c1c(NC(=O)[C@H](CC)c2ccccc2)sc2c1CC[C@@](C#N)(c1ccccc1)C2. The monoisotopic (exact) mass is 472 g/mol. The van der Waals surface area contributed by atoms with E-state index in [9.17, 15) is 14.9 Å². The summed E-state index contributed by atoms with van der Waals surface area (Å²) in [5.41, 5.74) is 2.61. The van der Waals surface area contributed by atoms with Gasteiger partial charge in [-0.05, 0) is 42.9 Å². The van der Waals surface area contributed by atoms with Gasteiger partial charge in [-0.1, -0.05) is 67.6 Å². The van der Waals surface area contributed by atoms with E-state index in [1.54, 1.807) is 6.92 Å². The summed E-state index contributed by atoms with van der Waals surface area (Å²) in [6, 6.07) is 22.0. The molecule has 6 heteroatoms. The summed E-state index contributed by atoms with van der Waals surface area (Å²) in [6.07, 6.45) is 2.33. The van der Waals surface area contributed by atoms with Gasteiger partial charge in [0.15, 0.2) is 0 Å². The molecule has 1 N–H and O–H groups in total. The first-order valence-electron chi connectivity index (χ1n) is 11.7. The van der Waals surface area contributed by atoms with Crippen LogP contribution in [0.15, 0.2) is 60.7 Å². The summed E-state index contributed by atoms with van der Waals surface area (Å²) in [4.78, 5) is 27.2. The van der Waals surface area contributed by atoms with Crippen molar-refractivity contribution in [1.29, 1.82) is 5.26 Å². The van der Waals surface area contributed by atoms with Gasteiger partial charge in [-0.2, -0.15) is 5.26 Å². The molecule has 5 nitrogen and oxygen atoms in total. The summed E-state index contributed by atoms with van der Waals surface area (Å²) in [5, 5.41) is 13.7. The van der Waals surface area contributed by atoms with Gasteiger partial charge in [0.2, 0.25) is 5.91 Å². The molecule has 0 fully saturated rings. The van der Waals surface area contributed by atoms with Crippen molar-refractivity contribution in [3.63, 3.8) is 0 Å². The summed E-state index contributed by atoms with van der Waals surface area (Å²) >= 11 is 1.40. The maximum absolute atomic E-state index is 13.3. The summed E-state index contributed by atoms with van der Waals surface area (Å²) in [6.45, 7) is 4.00. The molecule has 1 heterocycles. The van der Waals surface area contributed by atoms with Gasteiger partial charge in [-0.3, -0.25) is 4.79 Å². The predicted octanol–water partition coefficient (Wildman–Crippen LogP) is 6.01. The van der Waals surface area contributed by atoms with Crippen LogP contribution in [0.3, 0.4) is 0 Å². The van der Waals surface area contributed by atoms with Crippen LogP contribution in [0.1, 0.15) is 64.5 Å². The van der Waals surface area contributed by atoms with Crippen molar-refractivity contribution < 1.29 is 14.3 Å². The third-order valence-corrected chi connectivity index (χ3v) is 7.69. The number of ether oxygens (including phenoxy) is 1. The van der Waals surface area contributed by atoms with Gasteiger partial charge in [0, 0.05) is 11.3 Å². The molecule has 1 aliphatic rings. The lowest BCUT2D eigenvalue weighted by Gasteiger charge is -2.31. The van der Waals surface area contributed by atoms with Gasteiger partial charge < -0.3 is 10.1 Å². The zero-order valence-electron chi connectivity index (χ0n) is 19.5. The minimum absolute atomic E-state index is 0.146. The van der Waals surface area contributed by atoms with Crippen LogP contribution in [0.25, 0.3) is 0 Å². The second-order valence-electron chi connectivity index (χ2n) is 8.53. The fraction of sp³-hybridized carbons (Fsp3) is 0.321. The zero-order chi connectivity index (χ0) is 24.1. The Balaban J connectivity index is 1.70. The Bertz CT molecular complexity index is 1210. The minimum Gasteiger partial charge on any atom is -0.462 e. The molecule has 4 rings (SSSR count). The Labute approximate surface area is 204 Å². The molecule has 0 saturated carbocycles. The predicted molar refractivity (Wildman–Crippen MR) is 134 cm³/mol. The van der Waals surface area contributed by atoms with Gasteiger partial charge in [0.25, 0.3) is 0 Å². The second kappa shape index (κ2) is 10.2. The van der Waals surface area contributed by atoms with Gasteiger partial charge in [-0.15, -0.1) is 11.3 Å². The molecule has 1 aromatic heterocycles. The topological polar surface area (TPSA) is 79.2 Å². The van der Waals surface area contributed by atoms with Gasteiger partial charge in [0.1, 0.15) is 5.00 Å². The molecule has 1 aliphatic carbocycles. The first-order chi connectivity index (χ1) is 16.5. The van der Waals surface area contributed by atoms with E-state index in [1.807, 2.05) is 67.6 Å². The first-order valence-corrected chi connectivity index (χ1v) is 12.5. The Morgan fingerprint density at radius 3 is 2.41 bits per heavy atom. The molecule has 0 bridgehead atoms. The molecule has 2 aromatic carbocycles. The zero-order valence-corrected chi connectivity index (χ0v) is 20.3. The van der Waals surface area contributed by atoms with Crippen LogP contribution in [0, 0.1) is 11.3 Å². The number of anilines is 1. The van der Waals surface area contributed by atoms with Crippen molar-refractivity contribution in [1.82, 2.24) is 0 Å². The van der Waals surface area contributed by atoms with E-state index in [2.05, 4.69) is 11.4 Å². The van der Waals surface area contributed by atoms with E-state index in [0.29, 0.717) is 36.2 Å². The van der Waals surface area contributed by atoms with Crippen molar-refractivity contribution >= 4 is 28.2 Å². The number of thiophene rings is 1. The summed E-state index contributed by atoms with van der Waals surface area (Å²) in [7, 11) is 0. The highest BCUT2D eigenvalue weighted by atomic mass is 32.1. The van der Waals surface area contributed by atoms with Gasteiger partial charge in [-0.25, -0.2) is 4.79 Å². The minimum atomic E-state index is -0.650. The average molecular weight is 473 g/mol. The van der Waals surface area contributed by atoms with Crippen molar-refractivity contribution in [3.8, 4) is 6.07 Å². The molecule has 3 aromatic rings. The van der Waals surface area contributed by atoms with E-state index in [-0.39, 0.29) is 18.4 Å². The number of rotatable bonds is 7. The average Bonchev–Trinajstić information content (AvgIpc) is 3.22. The third-order valence-electron chi connectivity index (χ3n) is 6.54. The van der Waals surface area contributed by atoms with Crippen molar-refractivity contribution in [2.45, 2.75) is 50.9 Å². The molecular weight excluding hydrogens is 444 g/mol. The summed E-state index contributed by atoms with van der Waals surface area (Å²) < 4.78 is 5.36. The van der Waals surface area contributed by atoms with Crippen LogP contribution in [0.2, 0.25) is 0 Å². The summed E-state index contributed by atoms with van der Waals surface area (Å²) in [5.74, 6) is -0.891. The second-order valence-corrected chi connectivity index (χ2v) is 9.63. The van der Waals surface area contributed by atoms with Crippen LogP contribution in [-0.4, -0.2) is 18.5 Å². The highest BCUT2D eigenvalue weighted by molar-refractivity contribution is 7.17. The molecule has 2 atom stereocenters. The number of esters is 1. The van der Waals surface area contributed by atoms with Gasteiger partial charge >= 0.3 is 5.97 Å². The number of hydrogen-bond donors (Lipinski definition) is 1. The number of nitrogens with one attached hydrogen (secondary N) is 1. The normalized spacial score (nSPS) is 17.8. The lowest BCUT2D eigenvalue weighted by Crippen LogP contribution is -2.31. The highest BCUT2D eigenvalue weighted by Gasteiger charge is 2.40. The van der Waals surface area contributed by atoms with Crippen LogP contribution in [-0.2, 0) is 27.8 Å². The number of carbonyl (C=O) groups excluding carboxylic acids is 2. The maximum atomic E-state index is 13.3. The Morgan fingerprint density at radius 2 is 1.79 bits per heavy atom. The third kappa shape index (κ3) is 4.49. The van der Waals surface area contributed by atoms with E-state index < -0.39 is 11.4 Å². The van der Waals surface area contributed by atoms with E-state index in [4.69, 9.17) is 4.74 Å². The van der Waals surface area contributed by atoms with E-state index >= 15 is 0 Å². The van der Waals surface area contributed by atoms with E-state index in [1.165, 1.54) is 11.3 Å². The fourth-order valence-corrected chi connectivity index (χ4v) is 6.10. The number of nitrogens with zero attached hydrogens (tertiary/aromatic N) is 1. The largest absolute Gasteiger partial charge is 0.462 e. The highest BCUT2D eigenvalue weighted by Crippen LogP contribution is 2.45. The molecule has 0 radical (unpaired) electrons. The van der Waals surface area contributed by atoms with Crippen LogP contribution in [0.5, 0.6) is 0 Å². The molecular formula is C28H28N2O3S. The number of carbonyl (C=O) groups is 2. The molecule has 0 aliphatic heterocycles. The number of hydrogen-bond acceptors (Lipinski definition) is 5. The van der Waals surface area contributed by atoms with E-state index in [0.717, 1.165) is 21.6 Å². The van der Waals surface area contributed by atoms with Crippen molar-refractivity contribution in [3.05, 3.63) is 87.8 Å². The number of nitriles is 1. The molecule has 34 heavy (non-hydrogen) atoms. The fourth-order valence-electron chi connectivity index (χ4n) is 4.75. The quantitative estimate of drug-likeness (QED) is 0.427. The molecule has 0 spiro atoms. The molecule has 0 saturated heterocycles. The van der Waals surface area contributed by atoms with Crippen molar-refractivity contribution in [2.75, 3.05) is 11.9 Å². The number of benzene rings is 2.